The topological polar surface area (TPSA) is 44.8 Å². The highest BCUT2D eigenvalue weighted by atomic mass is 16.7. The minimum Gasteiger partial charge on any atom is -0.462 e. The molecule has 0 aromatic carbocycles. The first-order chi connectivity index (χ1) is 14.8. The second-order valence-corrected chi connectivity index (χ2v) is 10.6. The second kappa shape index (κ2) is 11.9. The molecule has 0 spiro atoms. The molecule has 0 amide bonds. The SMILES string of the molecule is O=C(OC1CCCCC1)C1CCC(C2CCC(OCOC3CCCCC3)CC2)CC1. The third-order valence-electron chi connectivity index (χ3n) is 8.49. The molecule has 0 aliphatic heterocycles. The van der Waals surface area contributed by atoms with Crippen LogP contribution in [0, 0.1) is 17.8 Å². The van der Waals surface area contributed by atoms with Crippen molar-refractivity contribution in [2.45, 2.75) is 134 Å². The Hall–Kier alpha value is -0.610. The van der Waals surface area contributed by atoms with E-state index >= 15 is 0 Å². The Balaban J connectivity index is 1.09. The van der Waals surface area contributed by atoms with Crippen molar-refractivity contribution in [3.05, 3.63) is 0 Å². The van der Waals surface area contributed by atoms with E-state index < -0.39 is 0 Å². The van der Waals surface area contributed by atoms with Gasteiger partial charge < -0.3 is 14.2 Å². The summed E-state index contributed by atoms with van der Waals surface area (Å²) in [6, 6.07) is 0. The van der Waals surface area contributed by atoms with Gasteiger partial charge in [-0.3, -0.25) is 4.79 Å². The average molecular weight is 421 g/mol. The minimum atomic E-state index is 0.107. The van der Waals surface area contributed by atoms with Crippen LogP contribution in [0.15, 0.2) is 0 Å². The molecule has 4 fully saturated rings. The van der Waals surface area contributed by atoms with Crippen molar-refractivity contribution in [3.8, 4) is 0 Å². The molecule has 0 bridgehead atoms. The fourth-order valence-corrected chi connectivity index (χ4v) is 6.46. The van der Waals surface area contributed by atoms with E-state index in [2.05, 4.69) is 0 Å². The summed E-state index contributed by atoms with van der Waals surface area (Å²) >= 11 is 0. The van der Waals surface area contributed by atoms with Crippen molar-refractivity contribution in [3.63, 3.8) is 0 Å². The van der Waals surface area contributed by atoms with Crippen LogP contribution in [0.25, 0.3) is 0 Å². The van der Waals surface area contributed by atoms with Crippen LogP contribution in [0.2, 0.25) is 0 Å². The molecular weight excluding hydrogens is 376 g/mol. The third-order valence-corrected chi connectivity index (χ3v) is 8.49. The van der Waals surface area contributed by atoms with E-state index in [1.165, 1.54) is 89.9 Å². The number of hydrogen-bond acceptors (Lipinski definition) is 4. The molecule has 4 aliphatic rings. The molecule has 0 aromatic heterocycles. The Labute approximate surface area is 183 Å². The highest BCUT2D eigenvalue weighted by Crippen LogP contribution is 2.41. The van der Waals surface area contributed by atoms with Crippen LogP contribution in [0.1, 0.15) is 116 Å². The van der Waals surface area contributed by atoms with Crippen molar-refractivity contribution >= 4 is 5.97 Å². The van der Waals surface area contributed by atoms with Crippen LogP contribution in [0.5, 0.6) is 0 Å². The molecular formula is C26H44O4. The summed E-state index contributed by atoms with van der Waals surface area (Å²) in [4.78, 5) is 12.6. The summed E-state index contributed by atoms with van der Waals surface area (Å²) in [5, 5.41) is 0. The number of esters is 1. The number of hydrogen-bond donors (Lipinski definition) is 0. The van der Waals surface area contributed by atoms with Crippen LogP contribution in [0.3, 0.4) is 0 Å². The lowest BCUT2D eigenvalue weighted by atomic mass is 9.70. The molecule has 4 rings (SSSR count). The first-order valence-electron chi connectivity index (χ1n) is 13.2. The minimum absolute atomic E-state index is 0.107. The predicted octanol–water partition coefficient (Wildman–Crippen LogP) is 6.55. The maximum absolute atomic E-state index is 12.6. The van der Waals surface area contributed by atoms with Crippen molar-refractivity contribution in [1.29, 1.82) is 0 Å². The van der Waals surface area contributed by atoms with Crippen molar-refractivity contribution < 1.29 is 19.0 Å². The summed E-state index contributed by atoms with van der Waals surface area (Å²) in [7, 11) is 0. The van der Waals surface area contributed by atoms with Gasteiger partial charge in [-0.2, -0.15) is 0 Å². The van der Waals surface area contributed by atoms with E-state index in [1.54, 1.807) is 0 Å². The van der Waals surface area contributed by atoms with E-state index in [-0.39, 0.29) is 18.0 Å². The van der Waals surface area contributed by atoms with Gasteiger partial charge in [0.25, 0.3) is 0 Å². The van der Waals surface area contributed by atoms with E-state index in [1.807, 2.05) is 0 Å². The molecule has 0 N–H and O–H groups in total. The molecule has 172 valence electrons. The van der Waals surface area contributed by atoms with Crippen LogP contribution >= 0.6 is 0 Å². The highest BCUT2D eigenvalue weighted by molar-refractivity contribution is 5.72. The molecule has 4 saturated carbocycles. The smallest absolute Gasteiger partial charge is 0.309 e. The standard InChI is InChI=1S/C26H44O4/c27-26(30-25-9-5-2-6-10-25)22-13-11-20(12-14-22)21-15-17-24(18-16-21)29-19-28-23-7-3-1-4-8-23/h20-25H,1-19H2. The lowest BCUT2D eigenvalue weighted by Gasteiger charge is -2.37. The van der Waals surface area contributed by atoms with Gasteiger partial charge in [0.1, 0.15) is 12.9 Å². The van der Waals surface area contributed by atoms with Gasteiger partial charge in [0, 0.05) is 0 Å². The van der Waals surface area contributed by atoms with E-state index in [0.29, 0.717) is 19.0 Å². The molecule has 0 heterocycles. The van der Waals surface area contributed by atoms with E-state index in [9.17, 15) is 4.79 Å². The maximum atomic E-state index is 12.6. The Morgan fingerprint density at radius 2 is 1.00 bits per heavy atom. The summed E-state index contributed by atoms with van der Waals surface area (Å²) in [5.41, 5.74) is 0. The van der Waals surface area contributed by atoms with Gasteiger partial charge >= 0.3 is 5.97 Å². The fraction of sp³-hybridized carbons (Fsp3) is 0.962. The van der Waals surface area contributed by atoms with Gasteiger partial charge in [0.05, 0.1) is 18.1 Å². The number of carbonyl (C=O) groups excluding carboxylic acids is 1. The normalized spacial score (nSPS) is 34.5. The van der Waals surface area contributed by atoms with Gasteiger partial charge in [0.15, 0.2) is 0 Å². The predicted molar refractivity (Wildman–Crippen MR) is 118 cm³/mol. The first-order valence-corrected chi connectivity index (χ1v) is 13.2. The summed E-state index contributed by atoms with van der Waals surface area (Å²) in [6.07, 6.45) is 22.9. The van der Waals surface area contributed by atoms with E-state index in [4.69, 9.17) is 14.2 Å². The van der Waals surface area contributed by atoms with Crippen LogP contribution in [0.4, 0.5) is 0 Å². The molecule has 4 heteroatoms. The Kier molecular flexibility index (Phi) is 8.92. The third kappa shape index (κ3) is 6.69. The lowest BCUT2D eigenvalue weighted by molar-refractivity contribution is -0.157. The van der Waals surface area contributed by atoms with Gasteiger partial charge in [-0.25, -0.2) is 0 Å². The molecule has 0 atom stereocenters. The quantitative estimate of drug-likeness (QED) is 0.346. The first kappa shape index (κ1) is 22.6. The summed E-state index contributed by atoms with van der Waals surface area (Å²) < 4.78 is 17.8. The van der Waals surface area contributed by atoms with Gasteiger partial charge in [-0.1, -0.05) is 25.7 Å². The average Bonchev–Trinajstić information content (AvgIpc) is 2.81. The van der Waals surface area contributed by atoms with Gasteiger partial charge in [-0.05, 0) is 102 Å². The van der Waals surface area contributed by atoms with Gasteiger partial charge in [0.2, 0.25) is 0 Å². The molecule has 0 radical (unpaired) electrons. The summed E-state index contributed by atoms with van der Waals surface area (Å²) in [5.74, 6) is 1.91. The molecule has 4 nitrogen and oxygen atoms in total. The zero-order valence-electron chi connectivity index (χ0n) is 19.0. The van der Waals surface area contributed by atoms with Crippen LogP contribution in [-0.4, -0.2) is 31.1 Å². The molecule has 4 aliphatic carbocycles. The molecule has 0 saturated heterocycles. The van der Waals surface area contributed by atoms with Crippen molar-refractivity contribution in [2.24, 2.45) is 17.8 Å². The van der Waals surface area contributed by atoms with Crippen molar-refractivity contribution in [2.75, 3.05) is 6.79 Å². The fourth-order valence-electron chi connectivity index (χ4n) is 6.46. The molecule has 30 heavy (non-hydrogen) atoms. The maximum Gasteiger partial charge on any atom is 0.309 e. The largest absolute Gasteiger partial charge is 0.462 e. The Morgan fingerprint density at radius 1 is 0.533 bits per heavy atom. The lowest BCUT2D eigenvalue weighted by Crippen LogP contribution is -2.32. The Bertz CT molecular complexity index is 493. The van der Waals surface area contributed by atoms with Crippen LogP contribution < -0.4 is 0 Å². The second-order valence-electron chi connectivity index (χ2n) is 10.6. The van der Waals surface area contributed by atoms with Crippen LogP contribution in [-0.2, 0) is 19.0 Å². The number of rotatable bonds is 7. The number of carbonyl (C=O) groups is 1. The van der Waals surface area contributed by atoms with Crippen molar-refractivity contribution in [1.82, 2.24) is 0 Å². The van der Waals surface area contributed by atoms with E-state index in [0.717, 1.165) is 37.5 Å². The Morgan fingerprint density at radius 3 is 1.57 bits per heavy atom. The summed E-state index contributed by atoms with van der Waals surface area (Å²) in [6.45, 7) is 0.494. The monoisotopic (exact) mass is 420 g/mol. The zero-order valence-corrected chi connectivity index (χ0v) is 19.0. The number of ether oxygens (including phenoxy) is 3. The molecule has 0 aromatic rings. The van der Waals surface area contributed by atoms with Gasteiger partial charge in [-0.15, -0.1) is 0 Å². The zero-order chi connectivity index (χ0) is 20.6. The molecule has 0 unspecified atom stereocenters. The highest BCUT2D eigenvalue weighted by Gasteiger charge is 2.34.